The van der Waals surface area contributed by atoms with E-state index in [-0.39, 0.29) is 85.1 Å². The third-order valence-electron chi connectivity index (χ3n) is 0. The number of hydrogen-bond acceptors (Lipinski definition) is 0. The summed E-state index contributed by atoms with van der Waals surface area (Å²) in [6.07, 6.45) is 0. The standard InChI is InChI=1S/Ag.Ga.In.H2Se.6H/h;;;1H2;;;;;;. The molecule has 0 saturated carbocycles. The summed E-state index contributed by atoms with van der Waals surface area (Å²) in [5.74, 6) is 0. The molecule has 4 heavy (non-hydrogen) atoms. The van der Waals surface area contributed by atoms with E-state index < -0.39 is 0 Å². The van der Waals surface area contributed by atoms with E-state index in [1.54, 1.807) is 0 Å². The van der Waals surface area contributed by atoms with Crippen molar-refractivity contribution in [3.63, 3.8) is 0 Å². The molecular formula is H8AgGaInSe. The predicted octanol–water partition coefficient (Wildman–Crippen LogP) is -3.29. The van der Waals surface area contributed by atoms with Crippen molar-refractivity contribution in [1.82, 2.24) is 0 Å². The molecule has 0 aromatic heterocycles. The molecule has 4 heteroatoms. The van der Waals surface area contributed by atoms with Gasteiger partial charge in [-0.15, -0.1) is 0 Å². The zero-order valence-corrected chi connectivity index (χ0v) is 4.38. The average molecular weight is 379 g/mol. The van der Waals surface area contributed by atoms with Gasteiger partial charge in [-0.3, -0.25) is 0 Å². The van der Waals surface area contributed by atoms with Crippen molar-refractivity contribution in [2.24, 2.45) is 0 Å². The van der Waals surface area contributed by atoms with Gasteiger partial charge in [-0.25, -0.2) is 0 Å². The molecule has 31 valence electrons. The molecule has 0 aliphatic rings. The first-order valence-electron chi connectivity index (χ1n) is 0. The van der Waals surface area contributed by atoms with Gasteiger partial charge < -0.3 is 0 Å². The van der Waals surface area contributed by atoms with Crippen LogP contribution in [0.2, 0.25) is 0 Å². The second-order valence-electron chi connectivity index (χ2n) is 0. The molecule has 0 N–H and O–H groups in total. The van der Waals surface area contributed by atoms with Crippen LogP contribution in [0.1, 0.15) is 0 Å². The van der Waals surface area contributed by atoms with Gasteiger partial charge in [0.25, 0.3) is 0 Å². The first kappa shape index (κ1) is 29.4. The molecule has 0 aliphatic carbocycles. The number of hydrogen-bond donors (Lipinski definition) is 0. The second kappa shape index (κ2) is 17.1. The van der Waals surface area contributed by atoms with Gasteiger partial charge in [-0.05, 0) is 0 Å². The van der Waals surface area contributed by atoms with Crippen molar-refractivity contribution < 1.29 is 22.4 Å². The second-order valence-corrected chi connectivity index (χ2v) is 0. The molecule has 0 fully saturated rings. The Morgan fingerprint density at radius 2 is 1.00 bits per heavy atom. The zero-order chi connectivity index (χ0) is 0. The van der Waals surface area contributed by atoms with Crippen LogP contribution >= 0.6 is 0 Å². The Labute approximate surface area is 83.7 Å². The van der Waals surface area contributed by atoms with Crippen LogP contribution < -0.4 is 0 Å². The van der Waals surface area contributed by atoms with Crippen molar-refractivity contribution in [2.45, 2.75) is 0 Å². The summed E-state index contributed by atoms with van der Waals surface area (Å²) in [5, 5.41) is 0. The molecule has 1 radical (unpaired) electrons. The van der Waals surface area contributed by atoms with Gasteiger partial charge in [0.05, 0.1) is 0 Å². The van der Waals surface area contributed by atoms with E-state index in [4.69, 9.17) is 0 Å². The van der Waals surface area contributed by atoms with E-state index in [1.807, 2.05) is 0 Å². The Bertz CT molecular complexity index is 8.00. The summed E-state index contributed by atoms with van der Waals surface area (Å²) in [7, 11) is 0. The fraction of sp³-hybridized carbons (Fsp3) is 0. The topological polar surface area (TPSA) is 0 Å². The Balaban J connectivity index is 0. The Morgan fingerprint density at radius 1 is 1.00 bits per heavy atom. The molecule has 0 aliphatic heterocycles. The maximum atomic E-state index is 0. The van der Waals surface area contributed by atoms with Crippen LogP contribution in [0.25, 0.3) is 0 Å². The minimum absolute atomic E-state index is 0. The molecule has 0 rings (SSSR count). The molecule has 0 spiro atoms. The molecule has 0 unspecified atom stereocenters. The zero-order valence-electron chi connectivity index (χ0n) is 0.802. The van der Waals surface area contributed by atoms with E-state index in [9.17, 15) is 0 Å². The Kier molecular flexibility index (Phi) is 126. The fourth-order valence-electron chi connectivity index (χ4n) is 0. The van der Waals surface area contributed by atoms with Crippen LogP contribution in [-0.4, -0.2) is 62.7 Å². The van der Waals surface area contributed by atoms with Crippen LogP contribution in [0.5, 0.6) is 0 Å². The molecule has 0 saturated heterocycles. The summed E-state index contributed by atoms with van der Waals surface area (Å²) in [6, 6.07) is 0. The van der Waals surface area contributed by atoms with Crippen molar-refractivity contribution in [3.05, 3.63) is 0 Å². The molecule has 0 aromatic carbocycles. The van der Waals surface area contributed by atoms with Crippen molar-refractivity contribution >= 4 is 62.7 Å². The molecule has 0 heterocycles. The van der Waals surface area contributed by atoms with E-state index in [1.165, 1.54) is 0 Å². The molecule has 0 amide bonds. The monoisotopic (exact) mass is 379 g/mol. The first-order chi connectivity index (χ1) is 0. The fourth-order valence-corrected chi connectivity index (χ4v) is 0. The van der Waals surface area contributed by atoms with Crippen LogP contribution in [0.15, 0.2) is 0 Å². The molecule has 0 atom stereocenters. The van der Waals surface area contributed by atoms with Gasteiger partial charge in [-0.1, -0.05) is 0 Å². The van der Waals surface area contributed by atoms with E-state index in [2.05, 4.69) is 0 Å². The van der Waals surface area contributed by atoms with Gasteiger partial charge >= 0.3 is 62.7 Å². The first-order valence-corrected chi connectivity index (χ1v) is 0. The molecule has 0 bridgehead atoms. The quantitative estimate of drug-likeness (QED) is 0.387. The molecular weight excluding hydrogens is 371 g/mol. The molecule has 0 aromatic rings. The van der Waals surface area contributed by atoms with Gasteiger partial charge in [0, 0.05) is 22.4 Å². The van der Waals surface area contributed by atoms with E-state index in [0.717, 1.165) is 0 Å². The molecule has 0 nitrogen and oxygen atoms in total. The van der Waals surface area contributed by atoms with Crippen molar-refractivity contribution in [1.29, 1.82) is 0 Å². The normalized spacial score (nSPS) is 0. The average Bonchev–Trinajstić information content (AvgIpc) is 0. The SMILES string of the molecule is [Ag].[GaH3].[InH3].[SeH2]. The van der Waals surface area contributed by atoms with Gasteiger partial charge in [0.1, 0.15) is 0 Å². The van der Waals surface area contributed by atoms with Crippen LogP contribution in [0.3, 0.4) is 0 Å². The van der Waals surface area contributed by atoms with Crippen molar-refractivity contribution in [2.75, 3.05) is 0 Å². The van der Waals surface area contributed by atoms with E-state index >= 15 is 0 Å². The third kappa shape index (κ3) is 8.84. The van der Waals surface area contributed by atoms with Gasteiger partial charge in [-0.2, -0.15) is 0 Å². The maximum absolute atomic E-state index is 0. The van der Waals surface area contributed by atoms with Crippen LogP contribution in [-0.2, 0) is 22.4 Å². The summed E-state index contributed by atoms with van der Waals surface area (Å²) in [6.45, 7) is 0. The number of rotatable bonds is 0. The Hall–Kier alpha value is 2.77. The van der Waals surface area contributed by atoms with Crippen LogP contribution in [0.4, 0.5) is 0 Å². The van der Waals surface area contributed by atoms with Gasteiger partial charge in [0.15, 0.2) is 0 Å². The summed E-state index contributed by atoms with van der Waals surface area (Å²) >= 11 is 0. The van der Waals surface area contributed by atoms with Gasteiger partial charge in [0.2, 0.25) is 0 Å². The Morgan fingerprint density at radius 3 is 1.00 bits per heavy atom. The summed E-state index contributed by atoms with van der Waals surface area (Å²) in [4.78, 5) is 0. The summed E-state index contributed by atoms with van der Waals surface area (Å²) < 4.78 is 0. The third-order valence-corrected chi connectivity index (χ3v) is 0. The van der Waals surface area contributed by atoms with Crippen molar-refractivity contribution in [3.8, 4) is 0 Å². The predicted molar refractivity (Wildman–Crippen MR) is 28.4 cm³/mol. The van der Waals surface area contributed by atoms with Crippen LogP contribution in [0, 0.1) is 0 Å². The minimum atomic E-state index is 0. The summed E-state index contributed by atoms with van der Waals surface area (Å²) in [5.41, 5.74) is 0. The van der Waals surface area contributed by atoms with E-state index in [0.29, 0.717) is 0 Å².